The summed E-state index contributed by atoms with van der Waals surface area (Å²) in [5, 5.41) is 4.80. The maximum atomic E-state index is 12.6. The first-order valence-corrected chi connectivity index (χ1v) is 8.72. The molecule has 138 valence electrons. The molecule has 27 heavy (non-hydrogen) atoms. The van der Waals surface area contributed by atoms with Gasteiger partial charge >= 0.3 is 5.97 Å². The van der Waals surface area contributed by atoms with Gasteiger partial charge in [0.1, 0.15) is 0 Å². The second-order valence-corrected chi connectivity index (χ2v) is 6.29. The Balaban J connectivity index is 1.86. The minimum atomic E-state index is -0.970. The average molecular weight is 364 g/mol. The van der Waals surface area contributed by atoms with Gasteiger partial charge in [0.25, 0.3) is 5.56 Å². The van der Waals surface area contributed by atoms with Crippen LogP contribution in [0.3, 0.4) is 0 Å². The predicted molar refractivity (Wildman–Crippen MR) is 102 cm³/mol. The Hall–Kier alpha value is -3.28. The summed E-state index contributed by atoms with van der Waals surface area (Å²) < 4.78 is 6.44. The van der Waals surface area contributed by atoms with Gasteiger partial charge in [-0.25, -0.2) is 9.48 Å². The van der Waals surface area contributed by atoms with Crippen LogP contribution in [0.15, 0.2) is 53.3 Å². The number of ether oxygens (including phenoxy) is 1. The van der Waals surface area contributed by atoms with E-state index in [4.69, 9.17) is 4.74 Å². The Morgan fingerprint density at radius 3 is 2.33 bits per heavy atom. The quantitative estimate of drug-likeness (QED) is 0.514. The van der Waals surface area contributed by atoms with E-state index in [-0.39, 0.29) is 17.0 Å². The number of esters is 1. The number of ketones is 1. The van der Waals surface area contributed by atoms with Crippen molar-refractivity contribution >= 4 is 22.5 Å². The Bertz CT molecular complexity index is 1070. The van der Waals surface area contributed by atoms with Gasteiger partial charge in [0, 0.05) is 18.0 Å². The normalized spacial score (nSPS) is 12.0. The molecule has 2 aromatic carbocycles. The van der Waals surface area contributed by atoms with Crippen LogP contribution in [0.4, 0.5) is 0 Å². The lowest BCUT2D eigenvalue weighted by Gasteiger charge is -2.13. The third-order valence-electron chi connectivity index (χ3n) is 4.45. The number of hydrogen-bond donors (Lipinski definition) is 0. The molecule has 0 unspecified atom stereocenters. The zero-order valence-corrected chi connectivity index (χ0v) is 15.4. The third-order valence-corrected chi connectivity index (χ3v) is 4.45. The first-order chi connectivity index (χ1) is 12.9. The molecule has 6 nitrogen and oxygen atoms in total. The van der Waals surface area contributed by atoms with Gasteiger partial charge in [-0.3, -0.25) is 9.59 Å². The number of nitrogens with zero attached hydrogens (tertiary/aromatic N) is 2. The van der Waals surface area contributed by atoms with Gasteiger partial charge < -0.3 is 4.74 Å². The number of rotatable bonds is 5. The Labute approximate surface area is 156 Å². The highest BCUT2D eigenvalue weighted by Gasteiger charge is 2.23. The topological polar surface area (TPSA) is 78.3 Å². The maximum absolute atomic E-state index is 12.6. The van der Waals surface area contributed by atoms with Crippen molar-refractivity contribution in [3.63, 3.8) is 0 Å². The molecule has 0 N–H and O–H groups in total. The molecule has 1 heterocycles. The molecule has 0 aliphatic rings. The van der Waals surface area contributed by atoms with E-state index in [2.05, 4.69) is 5.10 Å². The molecule has 6 heteroatoms. The lowest BCUT2D eigenvalue weighted by atomic mass is 10.0. The molecule has 0 radical (unpaired) electrons. The van der Waals surface area contributed by atoms with Crippen LogP contribution in [0, 0.1) is 0 Å². The first kappa shape index (κ1) is 18.5. The summed E-state index contributed by atoms with van der Waals surface area (Å²) in [6, 6.07) is 13.9. The van der Waals surface area contributed by atoms with Crippen LogP contribution in [-0.4, -0.2) is 27.6 Å². The van der Waals surface area contributed by atoms with Gasteiger partial charge in [-0.05, 0) is 25.0 Å². The zero-order valence-electron chi connectivity index (χ0n) is 15.4. The van der Waals surface area contributed by atoms with Gasteiger partial charge in [0.2, 0.25) is 5.78 Å². The van der Waals surface area contributed by atoms with Crippen LogP contribution in [0.2, 0.25) is 0 Å². The van der Waals surface area contributed by atoms with Crippen molar-refractivity contribution in [2.75, 3.05) is 0 Å². The molecule has 0 fully saturated rings. The van der Waals surface area contributed by atoms with Crippen molar-refractivity contribution in [2.45, 2.75) is 26.4 Å². The summed E-state index contributed by atoms with van der Waals surface area (Å²) in [4.78, 5) is 37.3. The van der Waals surface area contributed by atoms with Crippen molar-refractivity contribution in [1.29, 1.82) is 0 Å². The number of Topliss-reactive ketones (excluding diaryl/α,β-unsaturated/α-hetero) is 1. The van der Waals surface area contributed by atoms with Crippen LogP contribution in [-0.2, 0) is 18.2 Å². The Morgan fingerprint density at radius 2 is 1.70 bits per heavy atom. The minimum absolute atomic E-state index is 0.00804. The molecule has 0 saturated carbocycles. The largest absolute Gasteiger partial charge is 0.449 e. The maximum Gasteiger partial charge on any atom is 0.360 e. The van der Waals surface area contributed by atoms with Gasteiger partial charge in [0.15, 0.2) is 11.8 Å². The van der Waals surface area contributed by atoms with Gasteiger partial charge in [-0.1, -0.05) is 49.4 Å². The Morgan fingerprint density at radius 1 is 1.07 bits per heavy atom. The fraction of sp³-hybridized carbons (Fsp3) is 0.238. The van der Waals surface area contributed by atoms with E-state index in [1.165, 1.54) is 14.0 Å². The number of fused-ring (bicyclic) bond motifs is 1. The first-order valence-electron chi connectivity index (χ1n) is 8.72. The summed E-state index contributed by atoms with van der Waals surface area (Å²) in [6.07, 6.45) is -0.0902. The lowest BCUT2D eigenvalue weighted by molar-refractivity contribution is 0.0313. The summed E-state index contributed by atoms with van der Waals surface area (Å²) in [5.41, 5.74) is 1.30. The van der Waals surface area contributed by atoms with Gasteiger partial charge in [-0.15, -0.1) is 0 Å². The van der Waals surface area contributed by atoms with Crippen molar-refractivity contribution in [3.05, 3.63) is 75.7 Å². The molecule has 0 spiro atoms. The summed E-state index contributed by atoms with van der Waals surface area (Å²) in [6.45, 7) is 3.56. The lowest BCUT2D eigenvalue weighted by Crippen LogP contribution is -2.28. The second-order valence-electron chi connectivity index (χ2n) is 6.29. The van der Waals surface area contributed by atoms with Crippen molar-refractivity contribution < 1.29 is 14.3 Å². The fourth-order valence-corrected chi connectivity index (χ4v) is 2.86. The fourth-order valence-electron chi connectivity index (χ4n) is 2.86. The Kier molecular flexibility index (Phi) is 5.16. The van der Waals surface area contributed by atoms with E-state index in [0.717, 1.165) is 16.7 Å². The van der Waals surface area contributed by atoms with Gasteiger partial charge in [-0.2, -0.15) is 5.10 Å². The van der Waals surface area contributed by atoms with E-state index >= 15 is 0 Å². The van der Waals surface area contributed by atoms with E-state index in [0.29, 0.717) is 16.3 Å². The van der Waals surface area contributed by atoms with Crippen molar-refractivity contribution in [3.8, 4) is 0 Å². The molecule has 1 aromatic heterocycles. The van der Waals surface area contributed by atoms with E-state index in [1.807, 2.05) is 19.1 Å². The summed E-state index contributed by atoms with van der Waals surface area (Å²) in [7, 11) is 1.47. The standard InChI is InChI=1S/C21H20N2O4/c1-4-14-9-11-15(12-10-14)19(24)13(2)27-21(26)18-16-7-5-6-8-17(16)20(25)23(3)22-18/h5-13H,4H2,1-3H3/t13-/m0/s1. The molecule has 0 aliphatic heterocycles. The van der Waals surface area contributed by atoms with E-state index in [9.17, 15) is 14.4 Å². The van der Waals surface area contributed by atoms with Crippen LogP contribution in [0.1, 0.15) is 40.3 Å². The molecule has 0 aliphatic carbocycles. The second kappa shape index (κ2) is 7.53. The van der Waals surface area contributed by atoms with Crippen LogP contribution >= 0.6 is 0 Å². The van der Waals surface area contributed by atoms with E-state index < -0.39 is 12.1 Å². The van der Waals surface area contributed by atoms with Crippen molar-refractivity contribution in [1.82, 2.24) is 9.78 Å². The zero-order chi connectivity index (χ0) is 19.6. The molecule has 3 aromatic rings. The highest BCUT2D eigenvalue weighted by atomic mass is 16.5. The molecular formula is C21H20N2O4. The van der Waals surface area contributed by atoms with Crippen LogP contribution < -0.4 is 5.56 Å². The predicted octanol–water partition coefficient (Wildman–Crippen LogP) is 2.92. The number of carbonyl (C=O) groups excluding carboxylic acids is 2. The SMILES string of the molecule is CCc1ccc(C(=O)[C@H](C)OC(=O)c2nn(C)c(=O)c3ccccc23)cc1. The van der Waals surface area contributed by atoms with Crippen molar-refractivity contribution in [2.24, 2.45) is 7.05 Å². The summed E-state index contributed by atoms with van der Waals surface area (Å²) >= 11 is 0. The summed E-state index contributed by atoms with van der Waals surface area (Å²) in [5.74, 6) is -1.03. The molecule has 0 saturated heterocycles. The highest BCUT2D eigenvalue weighted by molar-refractivity contribution is 6.05. The van der Waals surface area contributed by atoms with Crippen LogP contribution in [0.25, 0.3) is 10.8 Å². The monoisotopic (exact) mass is 364 g/mol. The van der Waals surface area contributed by atoms with E-state index in [1.54, 1.807) is 36.4 Å². The molecule has 0 amide bonds. The molecule has 1 atom stereocenters. The average Bonchev–Trinajstić information content (AvgIpc) is 2.70. The molecular weight excluding hydrogens is 344 g/mol. The molecule has 3 rings (SSSR count). The smallest absolute Gasteiger partial charge is 0.360 e. The third kappa shape index (κ3) is 3.65. The number of aromatic nitrogens is 2. The van der Waals surface area contributed by atoms with Crippen LogP contribution in [0.5, 0.6) is 0 Å². The number of benzene rings is 2. The molecule has 0 bridgehead atoms. The number of aryl methyl sites for hydroxylation is 2. The highest BCUT2D eigenvalue weighted by Crippen LogP contribution is 2.16. The number of hydrogen-bond acceptors (Lipinski definition) is 5. The number of carbonyl (C=O) groups is 2. The van der Waals surface area contributed by atoms with Gasteiger partial charge in [0.05, 0.1) is 5.39 Å². The minimum Gasteiger partial charge on any atom is -0.449 e.